The van der Waals surface area contributed by atoms with Gasteiger partial charge in [-0.1, -0.05) is 42.5 Å². The van der Waals surface area contributed by atoms with Crippen molar-refractivity contribution in [2.75, 3.05) is 0 Å². The summed E-state index contributed by atoms with van der Waals surface area (Å²) >= 11 is 0. The molecule has 0 fully saturated rings. The zero-order valence-electron chi connectivity index (χ0n) is 17.3. The van der Waals surface area contributed by atoms with Gasteiger partial charge in [0.25, 0.3) is 0 Å². The Kier molecular flexibility index (Phi) is 5.87. The van der Waals surface area contributed by atoms with Crippen LogP contribution in [0, 0.1) is 5.92 Å². The Labute approximate surface area is 171 Å². The van der Waals surface area contributed by atoms with E-state index >= 15 is 0 Å². The smallest absolute Gasteiger partial charge is 0.317 e. The van der Waals surface area contributed by atoms with Crippen molar-refractivity contribution in [1.29, 1.82) is 0 Å². The largest absolute Gasteiger partial charge is 0.460 e. The molecule has 5 heteroatoms. The number of carbonyl (C=O) groups excluding carboxylic acids is 3. The first-order chi connectivity index (χ1) is 13.7. The molecule has 0 radical (unpaired) electrons. The molecule has 1 aliphatic carbocycles. The van der Waals surface area contributed by atoms with Crippen molar-refractivity contribution < 1.29 is 23.9 Å². The lowest BCUT2D eigenvalue weighted by Gasteiger charge is -2.21. The summed E-state index contributed by atoms with van der Waals surface area (Å²) in [5, 5.41) is 0. The van der Waals surface area contributed by atoms with Gasteiger partial charge in [-0.2, -0.15) is 0 Å². The van der Waals surface area contributed by atoms with Crippen molar-refractivity contribution in [3.8, 4) is 11.1 Å². The van der Waals surface area contributed by atoms with Gasteiger partial charge in [-0.15, -0.1) is 0 Å². The average Bonchev–Trinajstić information content (AvgIpc) is 3.02. The minimum atomic E-state index is -1.15. The summed E-state index contributed by atoms with van der Waals surface area (Å²) in [6.07, 6.45) is 0.469. The molecule has 0 spiro atoms. The third kappa shape index (κ3) is 4.91. The molecule has 0 N–H and O–H groups in total. The molecule has 0 heterocycles. The number of hydrogen-bond acceptors (Lipinski definition) is 5. The van der Waals surface area contributed by atoms with Gasteiger partial charge < -0.3 is 9.47 Å². The first-order valence-corrected chi connectivity index (χ1v) is 9.73. The first kappa shape index (κ1) is 20.8. The average molecular weight is 394 g/mol. The lowest BCUT2D eigenvalue weighted by atomic mass is 10.0. The maximum atomic E-state index is 12.5. The molecule has 0 aromatic heterocycles. The molecule has 0 saturated carbocycles. The fourth-order valence-corrected chi connectivity index (χ4v) is 3.55. The molecular formula is C24H26O5. The van der Waals surface area contributed by atoms with Crippen molar-refractivity contribution in [2.45, 2.75) is 52.7 Å². The molecule has 0 aliphatic heterocycles. The molecule has 2 aromatic carbocycles. The Bertz CT molecular complexity index is 952. The van der Waals surface area contributed by atoms with Gasteiger partial charge in [0, 0.05) is 0 Å². The van der Waals surface area contributed by atoms with E-state index in [9.17, 15) is 14.4 Å². The van der Waals surface area contributed by atoms with Crippen LogP contribution in [0.25, 0.3) is 11.1 Å². The van der Waals surface area contributed by atoms with Crippen LogP contribution >= 0.6 is 0 Å². The number of hydrogen-bond donors (Lipinski definition) is 0. The predicted octanol–water partition coefficient (Wildman–Crippen LogP) is 4.24. The molecule has 1 atom stereocenters. The minimum absolute atomic E-state index is 0.0636. The van der Waals surface area contributed by atoms with E-state index in [4.69, 9.17) is 9.47 Å². The SMILES string of the molecule is CC(=O)C(CC(=O)OC(C)(C)C)C(=O)OCc1cccc2c1Cc1ccccc1-2. The van der Waals surface area contributed by atoms with Gasteiger partial charge in [0.15, 0.2) is 0 Å². The van der Waals surface area contributed by atoms with Crippen molar-refractivity contribution in [1.82, 2.24) is 0 Å². The molecule has 3 rings (SSSR count). The van der Waals surface area contributed by atoms with E-state index in [1.54, 1.807) is 20.8 Å². The molecule has 1 unspecified atom stereocenters. The molecular weight excluding hydrogens is 368 g/mol. The molecule has 2 aromatic rings. The number of benzene rings is 2. The molecule has 29 heavy (non-hydrogen) atoms. The van der Waals surface area contributed by atoms with E-state index in [0.29, 0.717) is 0 Å². The fraction of sp³-hybridized carbons (Fsp3) is 0.375. The molecule has 1 aliphatic rings. The number of fused-ring (bicyclic) bond motifs is 3. The number of Topliss-reactive ketones (excluding diaryl/α,β-unsaturated/α-hetero) is 1. The second-order valence-corrected chi connectivity index (χ2v) is 8.34. The van der Waals surface area contributed by atoms with Gasteiger partial charge in [0.1, 0.15) is 23.9 Å². The fourth-order valence-electron chi connectivity index (χ4n) is 3.55. The number of rotatable bonds is 6. The number of ketones is 1. The third-order valence-corrected chi connectivity index (χ3v) is 4.88. The topological polar surface area (TPSA) is 69.7 Å². The molecule has 5 nitrogen and oxygen atoms in total. The highest BCUT2D eigenvalue weighted by atomic mass is 16.6. The summed E-state index contributed by atoms with van der Waals surface area (Å²) in [4.78, 5) is 36.5. The number of ether oxygens (including phenoxy) is 2. The Hall–Kier alpha value is -2.95. The Balaban J connectivity index is 1.69. The van der Waals surface area contributed by atoms with Crippen LogP contribution in [0.2, 0.25) is 0 Å². The monoisotopic (exact) mass is 394 g/mol. The maximum Gasteiger partial charge on any atom is 0.317 e. The summed E-state index contributed by atoms with van der Waals surface area (Å²) < 4.78 is 10.7. The van der Waals surface area contributed by atoms with Gasteiger partial charge in [-0.25, -0.2) is 0 Å². The van der Waals surface area contributed by atoms with E-state index in [-0.39, 0.29) is 13.0 Å². The quantitative estimate of drug-likeness (QED) is 0.462. The van der Waals surface area contributed by atoms with Crippen LogP contribution in [0.4, 0.5) is 0 Å². The van der Waals surface area contributed by atoms with Crippen LogP contribution in [0.1, 0.15) is 50.8 Å². The first-order valence-electron chi connectivity index (χ1n) is 9.73. The minimum Gasteiger partial charge on any atom is -0.460 e. The van der Waals surface area contributed by atoms with Crippen molar-refractivity contribution in [2.24, 2.45) is 5.92 Å². The predicted molar refractivity (Wildman–Crippen MR) is 109 cm³/mol. The Morgan fingerprint density at radius 2 is 1.69 bits per heavy atom. The summed E-state index contributed by atoms with van der Waals surface area (Å²) in [6, 6.07) is 14.1. The van der Waals surface area contributed by atoms with Gasteiger partial charge in [0.05, 0.1) is 6.42 Å². The lowest BCUT2D eigenvalue weighted by Crippen LogP contribution is -2.31. The summed E-state index contributed by atoms with van der Waals surface area (Å²) in [7, 11) is 0. The third-order valence-electron chi connectivity index (χ3n) is 4.88. The zero-order valence-corrected chi connectivity index (χ0v) is 17.3. The van der Waals surface area contributed by atoms with Crippen LogP contribution in [-0.2, 0) is 36.9 Å². The number of carbonyl (C=O) groups is 3. The van der Waals surface area contributed by atoms with Crippen LogP contribution in [0.5, 0.6) is 0 Å². The highest BCUT2D eigenvalue weighted by Crippen LogP contribution is 2.38. The van der Waals surface area contributed by atoms with Gasteiger partial charge in [-0.05, 0) is 61.9 Å². The van der Waals surface area contributed by atoms with Crippen LogP contribution in [0.3, 0.4) is 0 Å². The summed E-state index contributed by atoms with van der Waals surface area (Å²) in [6.45, 7) is 6.56. The standard InChI is InChI=1S/C24H26O5/c1-15(25)20(13-22(26)29-24(2,3)4)23(27)28-14-17-9-7-11-19-18-10-6-5-8-16(18)12-21(17)19/h5-11,20H,12-14H2,1-4H3. The van der Waals surface area contributed by atoms with E-state index in [1.807, 2.05) is 24.3 Å². The van der Waals surface area contributed by atoms with Crippen molar-refractivity contribution in [3.05, 3.63) is 59.2 Å². The van der Waals surface area contributed by atoms with E-state index in [2.05, 4.69) is 18.2 Å². The molecule has 0 bridgehead atoms. The van der Waals surface area contributed by atoms with Crippen LogP contribution in [-0.4, -0.2) is 23.3 Å². The van der Waals surface area contributed by atoms with E-state index in [1.165, 1.54) is 18.1 Å². The van der Waals surface area contributed by atoms with Gasteiger partial charge >= 0.3 is 11.9 Å². The lowest BCUT2D eigenvalue weighted by molar-refractivity contribution is -0.164. The van der Waals surface area contributed by atoms with Crippen molar-refractivity contribution in [3.63, 3.8) is 0 Å². The van der Waals surface area contributed by atoms with E-state index < -0.39 is 29.2 Å². The Morgan fingerprint density at radius 1 is 1.00 bits per heavy atom. The molecule has 0 saturated heterocycles. The zero-order chi connectivity index (χ0) is 21.2. The second kappa shape index (κ2) is 8.19. The highest BCUT2D eigenvalue weighted by molar-refractivity contribution is 6.00. The summed E-state index contributed by atoms with van der Waals surface area (Å²) in [5.74, 6) is -2.85. The highest BCUT2D eigenvalue weighted by Gasteiger charge is 2.30. The van der Waals surface area contributed by atoms with Gasteiger partial charge in [0.2, 0.25) is 0 Å². The van der Waals surface area contributed by atoms with E-state index in [0.717, 1.165) is 23.1 Å². The summed E-state index contributed by atoms with van der Waals surface area (Å²) in [5.41, 5.74) is 4.95. The second-order valence-electron chi connectivity index (χ2n) is 8.34. The van der Waals surface area contributed by atoms with Crippen molar-refractivity contribution >= 4 is 17.7 Å². The maximum absolute atomic E-state index is 12.5. The molecule has 152 valence electrons. The Morgan fingerprint density at radius 3 is 2.38 bits per heavy atom. The molecule has 0 amide bonds. The van der Waals surface area contributed by atoms with Gasteiger partial charge in [-0.3, -0.25) is 14.4 Å². The van der Waals surface area contributed by atoms with Crippen LogP contribution in [0.15, 0.2) is 42.5 Å². The number of esters is 2. The van der Waals surface area contributed by atoms with Crippen LogP contribution < -0.4 is 0 Å². The normalized spacial score (nSPS) is 13.2.